The lowest BCUT2D eigenvalue weighted by molar-refractivity contribution is 0.261. The van der Waals surface area contributed by atoms with Crippen molar-refractivity contribution < 1.29 is 0 Å². The topological polar surface area (TPSA) is 26.0 Å². The molecular formula is C12H19NS. The van der Waals surface area contributed by atoms with Crippen molar-refractivity contribution in [2.24, 2.45) is 11.7 Å². The molecule has 1 nitrogen and oxygen atoms in total. The van der Waals surface area contributed by atoms with Crippen molar-refractivity contribution in [3.8, 4) is 0 Å². The summed E-state index contributed by atoms with van der Waals surface area (Å²) in [5.74, 6) is 0.808. The summed E-state index contributed by atoms with van der Waals surface area (Å²) in [6, 6.07) is 4.90. The van der Waals surface area contributed by atoms with Crippen molar-refractivity contribution in [3.63, 3.8) is 0 Å². The Labute approximate surface area is 90.3 Å². The highest BCUT2D eigenvalue weighted by Crippen LogP contribution is 2.31. The largest absolute Gasteiger partial charge is 0.327 e. The van der Waals surface area contributed by atoms with Crippen LogP contribution in [0.3, 0.4) is 0 Å². The Morgan fingerprint density at radius 2 is 2.14 bits per heavy atom. The second kappa shape index (κ2) is 4.45. The minimum atomic E-state index is 0.409. The van der Waals surface area contributed by atoms with Gasteiger partial charge in [-0.05, 0) is 43.7 Å². The van der Waals surface area contributed by atoms with Gasteiger partial charge < -0.3 is 5.73 Å². The van der Waals surface area contributed by atoms with Crippen molar-refractivity contribution in [1.29, 1.82) is 0 Å². The van der Waals surface area contributed by atoms with Gasteiger partial charge in [0.15, 0.2) is 0 Å². The molecule has 1 aliphatic carbocycles. The van der Waals surface area contributed by atoms with Gasteiger partial charge in [0.25, 0.3) is 0 Å². The van der Waals surface area contributed by atoms with E-state index < -0.39 is 0 Å². The molecule has 0 amide bonds. The van der Waals surface area contributed by atoms with Crippen LogP contribution >= 0.6 is 11.3 Å². The first-order valence-electron chi connectivity index (χ1n) is 5.62. The maximum Gasteiger partial charge on any atom is 0.0116 e. The van der Waals surface area contributed by atoms with Crippen LogP contribution in [0.2, 0.25) is 0 Å². The summed E-state index contributed by atoms with van der Waals surface area (Å²) in [6.07, 6.45) is 6.35. The Morgan fingerprint density at radius 1 is 1.43 bits per heavy atom. The van der Waals surface area contributed by atoms with Gasteiger partial charge in [0.1, 0.15) is 0 Å². The maximum atomic E-state index is 6.17. The Bertz CT molecular complexity index is 288. The van der Waals surface area contributed by atoms with Crippen molar-refractivity contribution in [1.82, 2.24) is 0 Å². The average molecular weight is 209 g/mol. The van der Waals surface area contributed by atoms with Crippen molar-refractivity contribution >= 4 is 11.3 Å². The van der Waals surface area contributed by atoms with Gasteiger partial charge in [-0.25, -0.2) is 0 Å². The monoisotopic (exact) mass is 209 g/mol. The van der Waals surface area contributed by atoms with E-state index in [0.29, 0.717) is 6.04 Å². The van der Waals surface area contributed by atoms with Gasteiger partial charge in [-0.3, -0.25) is 0 Å². The molecule has 0 radical (unpaired) electrons. The van der Waals surface area contributed by atoms with Crippen LogP contribution in [0.1, 0.15) is 35.9 Å². The van der Waals surface area contributed by atoms with E-state index in [9.17, 15) is 0 Å². The Kier molecular flexibility index (Phi) is 3.24. The van der Waals surface area contributed by atoms with E-state index in [-0.39, 0.29) is 0 Å². The molecule has 78 valence electrons. The minimum Gasteiger partial charge on any atom is -0.327 e. The number of hydrogen-bond acceptors (Lipinski definition) is 2. The van der Waals surface area contributed by atoms with Gasteiger partial charge in [-0.15, -0.1) is 11.3 Å². The molecule has 2 rings (SSSR count). The van der Waals surface area contributed by atoms with Gasteiger partial charge in [0.2, 0.25) is 0 Å². The first-order chi connectivity index (χ1) is 6.79. The fourth-order valence-corrected chi connectivity index (χ4v) is 3.02. The molecule has 14 heavy (non-hydrogen) atoms. The second-order valence-corrected chi connectivity index (χ2v) is 5.53. The molecule has 2 N–H and O–H groups in total. The lowest BCUT2D eigenvalue weighted by atomic mass is 9.79. The predicted molar refractivity (Wildman–Crippen MR) is 62.7 cm³/mol. The van der Waals surface area contributed by atoms with E-state index >= 15 is 0 Å². The van der Waals surface area contributed by atoms with Gasteiger partial charge in [-0.2, -0.15) is 0 Å². The van der Waals surface area contributed by atoms with E-state index in [1.165, 1.54) is 29.0 Å². The fourth-order valence-electron chi connectivity index (χ4n) is 1.99. The highest BCUT2D eigenvalue weighted by molar-refractivity contribution is 7.11. The van der Waals surface area contributed by atoms with Crippen molar-refractivity contribution in [2.75, 3.05) is 0 Å². The Balaban J connectivity index is 1.89. The van der Waals surface area contributed by atoms with Crippen LogP contribution in [0.5, 0.6) is 0 Å². The molecule has 1 aliphatic rings. The number of nitrogens with two attached hydrogens (primary N) is 1. The van der Waals surface area contributed by atoms with Crippen LogP contribution in [-0.4, -0.2) is 6.04 Å². The molecule has 1 fully saturated rings. The van der Waals surface area contributed by atoms with Crippen LogP contribution in [0.15, 0.2) is 12.1 Å². The molecule has 0 bridgehead atoms. The molecule has 1 heterocycles. The van der Waals surface area contributed by atoms with E-state index in [1.807, 2.05) is 11.3 Å². The lowest BCUT2D eigenvalue weighted by Gasteiger charge is -2.30. The third-order valence-corrected chi connectivity index (χ3v) is 4.51. The molecule has 0 aliphatic heterocycles. The molecule has 2 heteroatoms. The second-order valence-electron chi connectivity index (χ2n) is 4.28. The van der Waals surface area contributed by atoms with E-state index in [0.717, 1.165) is 18.8 Å². The number of thiophene rings is 1. The molecule has 1 atom stereocenters. The number of rotatable bonds is 4. The standard InChI is InChI=1S/C12H19NS/c1-2-10-6-7-11(14-10)8-12(13)9-4-3-5-9/h6-7,9,12H,2-5,8,13H2,1H3. The Hall–Kier alpha value is -0.340. The minimum absolute atomic E-state index is 0.409. The van der Waals surface area contributed by atoms with Crippen LogP contribution in [0.25, 0.3) is 0 Å². The number of hydrogen-bond donors (Lipinski definition) is 1. The van der Waals surface area contributed by atoms with Gasteiger partial charge >= 0.3 is 0 Å². The zero-order valence-electron chi connectivity index (χ0n) is 8.83. The SMILES string of the molecule is CCc1ccc(CC(N)C2CCC2)s1. The summed E-state index contributed by atoms with van der Waals surface area (Å²) in [7, 11) is 0. The third kappa shape index (κ3) is 2.18. The molecular weight excluding hydrogens is 190 g/mol. The summed E-state index contributed by atoms with van der Waals surface area (Å²) >= 11 is 1.93. The summed E-state index contributed by atoms with van der Waals surface area (Å²) in [5.41, 5.74) is 6.17. The van der Waals surface area contributed by atoms with Crippen molar-refractivity contribution in [2.45, 2.75) is 45.1 Å². The molecule has 1 aromatic rings. The molecule has 0 saturated heterocycles. The van der Waals surface area contributed by atoms with E-state index in [2.05, 4.69) is 19.1 Å². The third-order valence-electron chi connectivity index (χ3n) is 3.26. The van der Waals surface area contributed by atoms with E-state index in [4.69, 9.17) is 5.73 Å². The molecule has 1 aromatic heterocycles. The first-order valence-corrected chi connectivity index (χ1v) is 6.44. The number of aryl methyl sites for hydroxylation is 1. The summed E-state index contributed by atoms with van der Waals surface area (Å²) in [5, 5.41) is 0. The zero-order valence-corrected chi connectivity index (χ0v) is 9.65. The summed E-state index contributed by atoms with van der Waals surface area (Å²) in [4.78, 5) is 2.96. The average Bonchev–Trinajstić information content (AvgIpc) is 2.48. The summed E-state index contributed by atoms with van der Waals surface area (Å²) in [6.45, 7) is 2.21. The van der Waals surface area contributed by atoms with Crippen LogP contribution < -0.4 is 5.73 Å². The quantitative estimate of drug-likeness (QED) is 0.810. The molecule has 1 unspecified atom stereocenters. The van der Waals surface area contributed by atoms with Gasteiger partial charge in [-0.1, -0.05) is 13.3 Å². The van der Waals surface area contributed by atoms with Crippen LogP contribution in [-0.2, 0) is 12.8 Å². The fraction of sp³-hybridized carbons (Fsp3) is 0.667. The normalized spacial score (nSPS) is 19.3. The van der Waals surface area contributed by atoms with Crippen molar-refractivity contribution in [3.05, 3.63) is 21.9 Å². The maximum absolute atomic E-state index is 6.17. The molecule has 1 saturated carbocycles. The lowest BCUT2D eigenvalue weighted by Crippen LogP contribution is -2.36. The van der Waals surface area contributed by atoms with Crippen LogP contribution in [0.4, 0.5) is 0 Å². The summed E-state index contributed by atoms with van der Waals surface area (Å²) < 4.78 is 0. The van der Waals surface area contributed by atoms with Gasteiger partial charge in [0, 0.05) is 15.8 Å². The highest BCUT2D eigenvalue weighted by Gasteiger charge is 2.24. The van der Waals surface area contributed by atoms with E-state index in [1.54, 1.807) is 0 Å². The van der Waals surface area contributed by atoms with Gasteiger partial charge in [0.05, 0.1) is 0 Å². The highest BCUT2D eigenvalue weighted by atomic mass is 32.1. The Morgan fingerprint density at radius 3 is 2.64 bits per heavy atom. The molecule has 0 spiro atoms. The zero-order chi connectivity index (χ0) is 9.97. The smallest absolute Gasteiger partial charge is 0.0116 e. The van der Waals surface area contributed by atoms with Crippen LogP contribution in [0, 0.1) is 5.92 Å². The molecule has 0 aromatic carbocycles. The first kappa shape index (κ1) is 10.2. The predicted octanol–water partition coefficient (Wildman–Crippen LogP) is 2.98.